The molecule has 136 valence electrons. The van der Waals surface area contributed by atoms with Crippen molar-refractivity contribution in [2.45, 2.75) is 20.8 Å². The number of hydrogen-bond donors (Lipinski definition) is 1. The van der Waals surface area contributed by atoms with E-state index >= 15 is 0 Å². The molecule has 0 saturated carbocycles. The van der Waals surface area contributed by atoms with Gasteiger partial charge in [0.15, 0.2) is 6.61 Å². The SMILES string of the molecule is CCOC(=O)c1c(C)[nH]c(C)c1C(=O)COn1nnc2ccc(Cl)cc21. The highest BCUT2D eigenvalue weighted by atomic mass is 35.5. The number of carbonyl (C=O) groups excluding carboxylic acids is 2. The summed E-state index contributed by atoms with van der Waals surface area (Å²) in [6, 6.07) is 5.02. The Balaban J connectivity index is 1.84. The van der Waals surface area contributed by atoms with E-state index in [2.05, 4.69) is 15.3 Å². The number of halogens is 1. The monoisotopic (exact) mass is 376 g/mol. The molecule has 0 fully saturated rings. The van der Waals surface area contributed by atoms with Crippen LogP contribution in [0, 0.1) is 13.8 Å². The molecule has 3 aromatic rings. The number of H-pyrrole nitrogens is 1. The number of aromatic nitrogens is 4. The van der Waals surface area contributed by atoms with Gasteiger partial charge in [0.25, 0.3) is 0 Å². The fraction of sp³-hybridized carbons (Fsp3) is 0.294. The molecule has 2 heterocycles. The van der Waals surface area contributed by atoms with Crippen molar-refractivity contribution >= 4 is 34.4 Å². The van der Waals surface area contributed by atoms with Gasteiger partial charge >= 0.3 is 5.97 Å². The molecular weight excluding hydrogens is 360 g/mol. The Bertz CT molecular complexity index is 992. The Morgan fingerprint density at radius 3 is 2.69 bits per heavy atom. The summed E-state index contributed by atoms with van der Waals surface area (Å²) < 4.78 is 5.04. The van der Waals surface area contributed by atoms with Gasteiger partial charge in [-0.3, -0.25) is 4.79 Å². The van der Waals surface area contributed by atoms with E-state index in [0.717, 1.165) is 4.85 Å². The lowest BCUT2D eigenvalue weighted by atomic mass is 10.1. The molecule has 9 heteroatoms. The maximum absolute atomic E-state index is 12.7. The predicted molar refractivity (Wildman–Crippen MR) is 94.5 cm³/mol. The number of ketones is 1. The molecule has 0 bridgehead atoms. The predicted octanol–water partition coefficient (Wildman–Crippen LogP) is 2.52. The Hall–Kier alpha value is -2.87. The van der Waals surface area contributed by atoms with Crippen LogP contribution >= 0.6 is 11.6 Å². The highest BCUT2D eigenvalue weighted by molar-refractivity contribution is 6.31. The van der Waals surface area contributed by atoms with Gasteiger partial charge in [0.05, 0.1) is 17.7 Å². The molecule has 26 heavy (non-hydrogen) atoms. The number of nitrogens with one attached hydrogen (secondary N) is 1. The van der Waals surface area contributed by atoms with Gasteiger partial charge in [0.1, 0.15) is 11.0 Å². The van der Waals surface area contributed by atoms with Gasteiger partial charge in [-0.05, 0) is 44.2 Å². The topological polar surface area (TPSA) is 99.1 Å². The van der Waals surface area contributed by atoms with E-state index in [4.69, 9.17) is 21.2 Å². The Labute approximate surface area is 154 Å². The summed E-state index contributed by atoms with van der Waals surface area (Å²) in [6.45, 7) is 5.03. The van der Waals surface area contributed by atoms with Gasteiger partial charge in [-0.2, -0.15) is 0 Å². The second-order valence-corrected chi connectivity index (χ2v) is 6.07. The number of carbonyl (C=O) groups is 2. The van der Waals surface area contributed by atoms with Crippen molar-refractivity contribution < 1.29 is 19.2 Å². The molecule has 8 nitrogen and oxygen atoms in total. The van der Waals surface area contributed by atoms with E-state index in [1.54, 1.807) is 39.0 Å². The normalized spacial score (nSPS) is 10.9. The molecule has 0 unspecified atom stereocenters. The van der Waals surface area contributed by atoms with E-state index in [-0.39, 0.29) is 30.1 Å². The lowest BCUT2D eigenvalue weighted by Crippen LogP contribution is -2.23. The quantitative estimate of drug-likeness (QED) is 0.524. The third-order valence-corrected chi connectivity index (χ3v) is 4.06. The van der Waals surface area contributed by atoms with Gasteiger partial charge in [-0.15, -0.1) is 5.10 Å². The Morgan fingerprint density at radius 1 is 1.23 bits per heavy atom. The van der Waals surface area contributed by atoms with E-state index in [0.29, 0.717) is 27.4 Å². The van der Waals surface area contributed by atoms with Crippen molar-refractivity contribution in [3.63, 3.8) is 0 Å². The molecule has 2 aromatic heterocycles. The van der Waals surface area contributed by atoms with Crippen molar-refractivity contribution in [1.82, 2.24) is 20.1 Å². The molecule has 3 rings (SSSR count). The van der Waals surface area contributed by atoms with Crippen molar-refractivity contribution in [3.05, 3.63) is 45.7 Å². The van der Waals surface area contributed by atoms with E-state index in [1.807, 2.05) is 0 Å². The highest BCUT2D eigenvalue weighted by Crippen LogP contribution is 2.21. The summed E-state index contributed by atoms with van der Waals surface area (Å²) in [4.78, 5) is 34.4. The number of fused-ring (bicyclic) bond motifs is 1. The fourth-order valence-electron chi connectivity index (χ4n) is 2.75. The van der Waals surface area contributed by atoms with Crippen LogP contribution in [-0.4, -0.2) is 45.1 Å². The number of hydrogen-bond acceptors (Lipinski definition) is 6. The summed E-state index contributed by atoms with van der Waals surface area (Å²) in [6.07, 6.45) is 0. The Morgan fingerprint density at radius 2 is 1.96 bits per heavy atom. The van der Waals surface area contributed by atoms with Crippen molar-refractivity contribution in [2.24, 2.45) is 0 Å². The first-order chi connectivity index (χ1) is 12.4. The molecule has 1 N–H and O–H groups in total. The first-order valence-corrected chi connectivity index (χ1v) is 8.34. The molecule has 0 aliphatic heterocycles. The van der Waals surface area contributed by atoms with Gasteiger partial charge in [0.2, 0.25) is 5.78 Å². The number of aryl methyl sites for hydroxylation is 2. The first kappa shape index (κ1) is 17.9. The zero-order valence-corrected chi connectivity index (χ0v) is 15.3. The number of benzene rings is 1. The minimum atomic E-state index is -0.546. The highest BCUT2D eigenvalue weighted by Gasteiger charge is 2.26. The molecule has 0 spiro atoms. The first-order valence-electron chi connectivity index (χ1n) is 7.96. The van der Waals surface area contributed by atoms with Crippen molar-refractivity contribution in [3.8, 4) is 0 Å². The van der Waals surface area contributed by atoms with E-state index in [9.17, 15) is 9.59 Å². The van der Waals surface area contributed by atoms with Gasteiger partial charge in [-0.1, -0.05) is 16.4 Å². The summed E-state index contributed by atoms with van der Waals surface area (Å²) in [5.41, 5.74) is 2.75. The average molecular weight is 377 g/mol. The Kier molecular flexibility index (Phi) is 4.94. The largest absolute Gasteiger partial charge is 0.462 e. The van der Waals surface area contributed by atoms with E-state index in [1.165, 1.54) is 0 Å². The summed E-state index contributed by atoms with van der Waals surface area (Å²) in [5, 5.41) is 8.29. The molecular formula is C17H17ClN4O4. The number of aromatic amines is 1. The number of rotatable bonds is 6. The van der Waals surface area contributed by atoms with Crippen LogP contribution in [0.3, 0.4) is 0 Å². The van der Waals surface area contributed by atoms with Crippen LogP contribution in [0.5, 0.6) is 0 Å². The molecule has 1 aromatic carbocycles. The molecule has 0 atom stereocenters. The smallest absolute Gasteiger partial charge is 0.340 e. The van der Waals surface area contributed by atoms with Gasteiger partial charge in [0, 0.05) is 16.4 Å². The molecule has 0 radical (unpaired) electrons. The van der Waals surface area contributed by atoms with Crippen molar-refractivity contribution in [2.75, 3.05) is 13.2 Å². The van der Waals surface area contributed by atoms with Crippen LogP contribution in [0.25, 0.3) is 11.0 Å². The molecule has 0 saturated heterocycles. The molecule has 0 amide bonds. The van der Waals surface area contributed by atoms with Crippen LogP contribution in [0.4, 0.5) is 0 Å². The maximum atomic E-state index is 12.7. The minimum Gasteiger partial charge on any atom is -0.462 e. The van der Waals surface area contributed by atoms with Gasteiger partial charge in [-0.25, -0.2) is 4.79 Å². The maximum Gasteiger partial charge on any atom is 0.340 e. The second-order valence-electron chi connectivity index (χ2n) is 5.64. The summed E-state index contributed by atoms with van der Waals surface area (Å²) in [7, 11) is 0. The van der Waals surface area contributed by atoms with Crippen LogP contribution in [0.2, 0.25) is 5.02 Å². The third kappa shape index (κ3) is 3.28. The van der Waals surface area contributed by atoms with Crippen LogP contribution < -0.4 is 4.84 Å². The van der Waals surface area contributed by atoms with Crippen LogP contribution in [0.15, 0.2) is 18.2 Å². The lowest BCUT2D eigenvalue weighted by molar-refractivity contribution is 0.0515. The zero-order chi connectivity index (χ0) is 18.8. The molecule has 0 aliphatic carbocycles. The van der Waals surface area contributed by atoms with Crippen LogP contribution in [-0.2, 0) is 4.74 Å². The van der Waals surface area contributed by atoms with E-state index < -0.39 is 5.97 Å². The molecule has 0 aliphatic rings. The zero-order valence-electron chi connectivity index (χ0n) is 14.5. The number of Topliss-reactive ketones (excluding diaryl/α,β-unsaturated/α-hetero) is 1. The standard InChI is InChI=1S/C17H17ClN4O4/c1-4-25-17(24)16-10(3)19-9(2)15(16)14(23)8-26-22-13-7-11(18)5-6-12(13)20-21-22/h5-7,19H,4,8H2,1-3H3. The van der Waals surface area contributed by atoms with Crippen LogP contribution in [0.1, 0.15) is 39.0 Å². The summed E-state index contributed by atoms with van der Waals surface area (Å²) >= 11 is 5.97. The second kappa shape index (κ2) is 7.17. The average Bonchev–Trinajstić information content (AvgIpc) is 3.12. The fourth-order valence-corrected chi connectivity index (χ4v) is 2.91. The summed E-state index contributed by atoms with van der Waals surface area (Å²) in [5.74, 6) is -0.920. The number of esters is 1. The number of nitrogens with zero attached hydrogens (tertiary/aromatic N) is 3. The number of ether oxygens (including phenoxy) is 1. The van der Waals surface area contributed by atoms with Gasteiger partial charge < -0.3 is 14.6 Å². The lowest BCUT2D eigenvalue weighted by Gasteiger charge is -2.07. The minimum absolute atomic E-state index is 0.221. The van der Waals surface area contributed by atoms with Crippen molar-refractivity contribution in [1.29, 1.82) is 0 Å². The third-order valence-electron chi connectivity index (χ3n) is 3.83.